The van der Waals surface area contributed by atoms with Crippen LogP contribution < -0.4 is 14.9 Å². The van der Waals surface area contributed by atoms with Gasteiger partial charge in [0.1, 0.15) is 11.6 Å². The monoisotopic (exact) mass is 507 g/mol. The lowest BCUT2D eigenvalue weighted by Gasteiger charge is -2.36. The highest BCUT2D eigenvalue weighted by Crippen LogP contribution is 2.36. The van der Waals surface area contributed by atoms with E-state index in [9.17, 15) is 17.2 Å². The van der Waals surface area contributed by atoms with Crippen LogP contribution in [0.15, 0.2) is 65.6 Å². The topological polar surface area (TPSA) is 61.4 Å². The molecule has 0 amide bonds. The van der Waals surface area contributed by atoms with Crippen LogP contribution >= 0.6 is 23.8 Å². The minimum Gasteiger partial charge on any atom is -0.332 e. The summed E-state index contributed by atoms with van der Waals surface area (Å²) in [6, 6.07) is 14.2. The molecule has 1 atom stereocenters. The summed E-state index contributed by atoms with van der Waals surface area (Å²) in [6.07, 6.45) is 1.22. The molecule has 10 heteroatoms. The Morgan fingerprint density at radius 3 is 2.39 bits per heavy atom. The Kier molecular flexibility index (Phi) is 6.56. The highest BCUT2D eigenvalue weighted by molar-refractivity contribution is 7.92. The summed E-state index contributed by atoms with van der Waals surface area (Å²) in [5.74, 6) is -0.919. The Bertz CT molecular complexity index is 1320. The largest absolute Gasteiger partial charge is 0.332 e. The predicted octanol–water partition coefficient (Wildman–Crippen LogP) is 5.96. The van der Waals surface area contributed by atoms with Crippen molar-refractivity contribution < 1.29 is 17.2 Å². The predicted molar refractivity (Wildman–Crippen MR) is 132 cm³/mol. The third kappa shape index (κ3) is 4.95. The Balaban J connectivity index is 1.52. The fraction of sp³-hybridized carbons (Fsp3) is 0.174. The first-order valence-electron chi connectivity index (χ1n) is 10.1. The summed E-state index contributed by atoms with van der Waals surface area (Å²) in [5, 5.41) is 6.03. The van der Waals surface area contributed by atoms with E-state index in [1.165, 1.54) is 52.8 Å². The van der Waals surface area contributed by atoms with Crippen LogP contribution in [0.1, 0.15) is 18.9 Å². The van der Waals surface area contributed by atoms with E-state index in [1.54, 1.807) is 12.1 Å². The number of anilines is 3. The van der Waals surface area contributed by atoms with Crippen LogP contribution in [0.25, 0.3) is 0 Å². The lowest BCUT2D eigenvalue weighted by molar-refractivity contribution is 0.560. The third-order valence-electron chi connectivity index (χ3n) is 5.36. The van der Waals surface area contributed by atoms with E-state index < -0.39 is 15.8 Å². The van der Waals surface area contributed by atoms with E-state index >= 15 is 0 Å². The Hall–Kier alpha value is -2.75. The molecule has 0 radical (unpaired) electrons. The maximum absolute atomic E-state index is 13.6. The molecule has 0 bridgehead atoms. The Morgan fingerprint density at radius 1 is 1.03 bits per heavy atom. The van der Waals surface area contributed by atoms with Crippen molar-refractivity contribution in [3.05, 3.63) is 82.9 Å². The second-order valence-corrected chi connectivity index (χ2v) is 10.3. The summed E-state index contributed by atoms with van der Waals surface area (Å²) in [4.78, 5) is 0.112. The lowest BCUT2D eigenvalue weighted by atomic mass is 9.99. The van der Waals surface area contributed by atoms with Crippen molar-refractivity contribution in [1.29, 1.82) is 0 Å². The minimum absolute atomic E-state index is 0.0337. The zero-order chi connectivity index (χ0) is 23.8. The summed E-state index contributed by atoms with van der Waals surface area (Å²) >= 11 is 11.0. The SMILES string of the molecule is CC1CCc2cc(F)ccc2N1S(=O)(=O)c1ccc(NC(=S)Nc2ccc(F)c(Cl)c2)cc1. The summed E-state index contributed by atoms with van der Waals surface area (Å²) in [7, 11) is -3.86. The van der Waals surface area contributed by atoms with E-state index in [2.05, 4.69) is 10.6 Å². The molecular weight excluding hydrogens is 488 g/mol. The van der Waals surface area contributed by atoms with Crippen LogP contribution in [-0.2, 0) is 16.4 Å². The number of nitrogens with one attached hydrogen (secondary N) is 2. The van der Waals surface area contributed by atoms with E-state index in [0.29, 0.717) is 35.5 Å². The van der Waals surface area contributed by atoms with Crippen molar-refractivity contribution in [2.24, 2.45) is 0 Å². The van der Waals surface area contributed by atoms with Gasteiger partial charge in [0.15, 0.2) is 5.11 Å². The van der Waals surface area contributed by atoms with Crippen LogP contribution in [0.4, 0.5) is 25.8 Å². The molecule has 5 nitrogen and oxygen atoms in total. The van der Waals surface area contributed by atoms with E-state index in [1.807, 2.05) is 6.92 Å². The molecular formula is C23H20ClF2N3O2S2. The molecule has 1 aliphatic rings. The summed E-state index contributed by atoms with van der Waals surface area (Å²) in [6.45, 7) is 1.84. The van der Waals surface area contributed by atoms with Gasteiger partial charge in [-0.25, -0.2) is 17.2 Å². The molecule has 2 N–H and O–H groups in total. The summed E-state index contributed by atoms with van der Waals surface area (Å²) < 4.78 is 55.1. The van der Waals surface area contributed by atoms with Crippen LogP contribution in [-0.4, -0.2) is 19.6 Å². The first-order chi connectivity index (χ1) is 15.6. The fourth-order valence-corrected chi connectivity index (χ4v) is 5.89. The number of thiocarbonyl (C=S) groups is 1. The maximum Gasteiger partial charge on any atom is 0.264 e. The molecule has 0 spiro atoms. The fourth-order valence-electron chi connectivity index (χ4n) is 3.75. The van der Waals surface area contributed by atoms with E-state index in [-0.39, 0.29) is 26.9 Å². The van der Waals surface area contributed by atoms with Crippen molar-refractivity contribution in [2.45, 2.75) is 30.7 Å². The van der Waals surface area contributed by atoms with Gasteiger partial charge in [0.2, 0.25) is 0 Å². The first-order valence-corrected chi connectivity index (χ1v) is 12.3. The van der Waals surface area contributed by atoms with Crippen molar-refractivity contribution in [3.8, 4) is 0 Å². The smallest absolute Gasteiger partial charge is 0.264 e. The average Bonchev–Trinajstić information content (AvgIpc) is 2.76. The van der Waals surface area contributed by atoms with Gasteiger partial charge in [-0.2, -0.15) is 0 Å². The molecule has 1 aliphatic heterocycles. The van der Waals surface area contributed by atoms with E-state index in [4.69, 9.17) is 23.8 Å². The normalized spacial score (nSPS) is 15.6. The molecule has 0 aliphatic carbocycles. The van der Waals surface area contributed by atoms with Gasteiger partial charge in [-0.05, 0) is 98.2 Å². The van der Waals surface area contributed by atoms with Crippen molar-refractivity contribution in [1.82, 2.24) is 0 Å². The van der Waals surface area contributed by atoms with E-state index in [0.717, 1.165) is 0 Å². The highest BCUT2D eigenvalue weighted by atomic mass is 35.5. The lowest BCUT2D eigenvalue weighted by Crippen LogP contribution is -2.42. The Morgan fingerprint density at radius 2 is 1.70 bits per heavy atom. The number of sulfonamides is 1. The molecule has 0 aromatic heterocycles. The number of aryl methyl sites for hydroxylation is 1. The van der Waals surface area contributed by atoms with Gasteiger partial charge in [-0.3, -0.25) is 4.31 Å². The average molecular weight is 508 g/mol. The molecule has 172 valence electrons. The minimum atomic E-state index is -3.86. The van der Waals surface area contributed by atoms with Crippen molar-refractivity contribution >= 4 is 56.0 Å². The quantitative estimate of drug-likeness (QED) is 0.427. The second kappa shape index (κ2) is 9.24. The molecule has 1 heterocycles. The van der Waals surface area contributed by atoms with Gasteiger partial charge in [0, 0.05) is 17.4 Å². The third-order valence-corrected chi connectivity index (χ3v) is 7.79. The number of benzene rings is 3. The van der Waals surface area contributed by atoms with Crippen LogP contribution in [0.5, 0.6) is 0 Å². The molecule has 1 unspecified atom stereocenters. The van der Waals surface area contributed by atoms with Gasteiger partial charge in [0.05, 0.1) is 15.6 Å². The molecule has 3 aromatic rings. The van der Waals surface area contributed by atoms with Gasteiger partial charge in [-0.1, -0.05) is 11.6 Å². The Labute approximate surface area is 201 Å². The zero-order valence-electron chi connectivity index (χ0n) is 17.5. The number of fused-ring (bicyclic) bond motifs is 1. The molecule has 0 saturated heterocycles. The highest BCUT2D eigenvalue weighted by Gasteiger charge is 2.34. The molecule has 3 aromatic carbocycles. The number of rotatable bonds is 4. The molecule has 0 fully saturated rings. The number of halogens is 3. The molecule has 33 heavy (non-hydrogen) atoms. The van der Waals surface area contributed by atoms with Crippen molar-refractivity contribution in [3.63, 3.8) is 0 Å². The maximum atomic E-state index is 13.6. The zero-order valence-corrected chi connectivity index (χ0v) is 19.9. The van der Waals surface area contributed by atoms with Crippen LogP contribution in [0, 0.1) is 11.6 Å². The van der Waals surface area contributed by atoms with Gasteiger partial charge < -0.3 is 10.6 Å². The summed E-state index contributed by atoms with van der Waals surface area (Å²) in [5.41, 5.74) is 2.24. The van der Waals surface area contributed by atoms with Crippen LogP contribution in [0.3, 0.4) is 0 Å². The standard InChI is InChI=1S/C23H20ClF2N3O2S2/c1-14-2-3-15-12-16(25)4-11-22(15)29(14)33(30,31)19-8-5-17(6-9-19)27-23(32)28-18-7-10-21(26)20(24)13-18/h4-14H,2-3H2,1H3,(H2,27,28,32). The second-order valence-electron chi connectivity index (χ2n) is 7.69. The van der Waals surface area contributed by atoms with Crippen molar-refractivity contribution in [2.75, 3.05) is 14.9 Å². The van der Waals surface area contributed by atoms with Gasteiger partial charge in [-0.15, -0.1) is 0 Å². The molecule has 0 saturated carbocycles. The first kappa shape index (κ1) is 23.4. The number of hydrogen-bond donors (Lipinski definition) is 2. The number of nitrogens with zero attached hydrogens (tertiary/aromatic N) is 1. The molecule has 4 rings (SSSR count). The van der Waals surface area contributed by atoms with Crippen LogP contribution in [0.2, 0.25) is 5.02 Å². The van der Waals surface area contributed by atoms with Gasteiger partial charge in [0.25, 0.3) is 10.0 Å². The number of hydrogen-bond acceptors (Lipinski definition) is 3. The van der Waals surface area contributed by atoms with Gasteiger partial charge >= 0.3 is 0 Å².